The van der Waals surface area contributed by atoms with Gasteiger partial charge < -0.3 is 15.0 Å². The summed E-state index contributed by atoms with van der Waals surface area (Å²) in [4.78, 5) is 14.1. The number of hydrogen-bond acceptors (Lipinski definition) is 3. The number of nitrogens with one attached hydrogen (secondary N) is 1. The number of benzene rings is 1. The molecule has 0 spiro atoms. The number of morpholine rings is 1. The summed E-state index contributed by atoms with van der Waals surface area (Å²) in [6, 6.07) is 7.98. The Hall–Kier alpha value is -1.07. The Bertz CT molecular complexity index is 442. The van der Waals surface area contributed by atoms with Gasteiger partial charge in [-0.25, -0.2) is 0 Å². The van der Waals surface area contributed by atoms with Crippen LogP contribution < -0.4 is 10.2 Å². The minimum atomic E-state index is -0.165. The highest BCUT2D eigenvalue weighted by molar-refractivity contribution is 9.10. The van der Waals surface area contributed by atoms with E-state index in [1.54, 1.807) is 0 Å². The second kappa shape index (κ2) is 7.09. The predicted octanol–water partition coefficient (Wildman–Crippen LogP) is 2.88. The van der Waals surface area contributed by atoms with E-state index in [1.807, 2.05) is 38.1 Å². The van der Waals surface area contributed by atoms with Crippen LogP contribution in [0.4, 0.5) is 11.4 Å². The average molecular weight is 341 g/mol. The maximum absolute atomic E-state index is 12.0. The topological polar surface area (TPSA) is 41.6 Å². The lowest BCUT2D eigenvalue weighted by molar-refractivity contribution is -0.116. The number of alkyl halides is 1. The molecule has 2 rings (SSSR count). The summed E-state index contributed by atoms with van der Waals surface area (Å²) in [6.07, 6.45) is 0. The molecule has 20 heavy (non-hydrogen) atoms. The largest absolute Gasteiger partial charge is 0.378 e. The molecule has 1 aliphatic rings. The molecular formula is C15H21BrN2O2. The molecule has 5 heteroatoms. The van der Waals surface area contributed by atoms with Gasteiger partial charge >= 0.3 is 0 Å². The van der Waals surface area contributed by atoms with Crippen LogP contribution in [0.25, 0.3) is 0 Å². The smallest absolute Gasteiger partial charge is 0.238 e. The Balaban J connectivity index is 1.96. The molecule has 4 nitrogen and oxygen atoms in total. The predicted molar refractivity (Wildman–Crippen MR) is 85.7 cm³/mol. The van der Waals surface area contributed by atoms with E-state index in [1.165, 1.54) is 5.69 Å². The van der Waals surface area contributed by atoms with Crippen molar-refractivity contribution < 1.29 is 9.53 Å². The molecule has 1 aliphatic heterocycles. The van der Waals surface area contributed by atoms with Crippen LogP contribution in [0.1, 0.15) is 13.8 Å². The van der Waals surface area contributed by atoms with Crippen LogP contribution in [0, 0.1) is 5.92 Å². The summed E-state index contributed by atoms with van der Waals surface area (Å²) in [6.45, 7) is 7.42. The SMILES string of the molecule is CC(C)C(Br)C(=O)Nc1ccc(N2CCOCC2)cc1. The van der Waals surface area contributed by atoms with E-state index >= 15 is 0 Å². The van der Waals surface area contributed by atoms with Crippen molar-refractivity contribution in [1.29, 1.82) is 0 Å². The number of carbonyl (C=O) groups is 1. The highest BCUT2D eigenvalue weighted by atomic mass is 79.9. The number of hydrogen-bond donors (Lipinski definition) is 1. The molecule has 1 saturated heterocycles. The van der Waals surface area contributed by atoms with Gasteiger partial charge in [0.05, 0.1) is 18.0 Å². The molecule has 0 radical (unpaired) electrons. The third-order valence-corrected chi connectivity index (χ3v) is 4.82. The van der Waals surface area contributed by atoms with Crippen LogP contribution in [0.3, 0.4) is 0 Å². The second-order valence-electron chi connectivity index (χ2n) is 5.28. The van der Waals surface area contributed by atoms with E-state index in [2.05, 4.69) is 26.1 Å². The molecule has 110 valence electrons. The molecule has 0 bridgehead atoms. The highest BCUT2D eigenvalue weighted by Gasteiger charge is 2.18. The lowest BCUT2D eigenvalue weighted by Crippen LogP contribution is -2.36. The van der Waals surface area contributed by atoms with Gasteiger partial charge in [0.15, 0.2) is 0 Å². The van der Waals surface area contributed by atoms with Crippen LogP contribution in [0.5, 0.6) is 0 Å². The van der Waals surface area contributed by atoms with Gasteiger partial charge in [0.25, 0.3) is 0 Å². The first-order chi connectivity index (χ1) is 9.58. The fourth-order valence-electron chi connectivity index (χ4n) is 2.09. The van der Waals surface area contributed by atoms with Crippen LogP contribution in [0.2, 0.25) is 0 Å². The quantitative estimate of drug-likeness (QED) is 0.857. The molecule has 0 aliphatic carbocycles. The lowest BCUT2D eigenvalue weighted by atomic mass is 10.1. The molecule has 1 aromatic rings. The second-order valence-corrected chi connectivity index (χ2v) is 6.27. The molecule has 1 amide bonds. The summed E-state index contributed by atoms with van der Waals surface area (Å²) in [5.41, 5.74) is 2.00. The number of ether oxygens (including phenoxy) is 1. The Morgan fingerprint density at radius 3 is 2.40 bits per heavy atom. The first kappa shape index (κ1) is 15.3. The van der Waals surface area contributed by atoms with E-state index in [-0.39, 0.29) is 16.7 Å². The summed E-state index contributed by atoms with van der Waals surface area (Å²) >= 11 is 3.41. The minimum Gasteiger partial charge on any atom is -0.378 e. The fourth-order valence-corrected chi connectivity index (χ4v) is 2.21. The Labute approximate surface area is 128 Å². The molecule has 1 aromatic carbocycles. The molecule has 0 aromatic heterocycles. The van der Waals surface area contributed by atoms with Gasteiger partial charge in [0.1, 0.15) is 0 Å². The van der Waals surface area contributed by atoms with Crippen LogP contribution >= 0.6 is 15.9 Å². The van der Waals surface area contributed by atoms with Crippen molar-refractivity contribution in [3.05, 3.63) is 24.3 Å². The number of carbonyl (C=O) groups excluding carboxylic acids is 1. The Kier molecular flexibility index (Phi) is 5.43. The van der Waals surface area contributed by atoms with Crippen LogP contribution in [-0.2, 0) is 9.53 Å². The first-order valence-corrected chi connectivity index (χ1v) is 7.87. The van der Waals surface area contributed by atoms with E-state index in [0.717, 1.165) is 32.0 Å². The third-order valence-electron chi connectivity index (χ3n) is 3.35. The summed E-state index contributed by atoms with van der Waals surface area (Å²) in [7, 11) is 0. The fraction of sp³-hybridized carbons (Fsp3) is 0.533. The van der Waals surface area contributed by atoms with Crippen molar-refractivity contribution in [1.82, 2.24) is 0 Å². The Morgan fingerprint density at radius 1 is 1.25 bits per heavy atom. The molecule has 1 heterocycles. The molecular weight excluding hydrogens is 320 g/mol. The van der Waals surface area contributed by atoms with Crippen molar-refractivity contribution in [2.75, 3.05) is 36.5 Å². The van der Waals surface area contributed by atoms with Crippen LogP contribution in [0.15, 0.2) is 24.3 Å². The number of rotatable bonds is 4. The lowest BCUT2D eigenvalue weighted by Gasteiger charge is -2.29. The standard InChI is InChI=1S/C15H21BrN2O2/c1-11(2)14(16)15(19)17-12-3-5-13(6-4-12)18-7-9-20-10-8-18/h3-6,11,14H,7-10H2,1-2H3,(H,17,19). The zero-order valence-electron chi connectivity index (χ0n) is 11.9. The summed E-state index contributed by atoms with van der Waals surface area (Å²) in [5, 5.41) is 2.92. The van der Waals surface area contributed by atoms with Gasteiger partial charge in [-0.05, 0) is 30.2 Å². The molecule has 1 atom stereocenters. The number of nitrogens with zero attached hydrogens (tertiary/aromatic N) is 1. The number of amides is 1. The maximum Gasteiger partial charge on any atom is 0.238 e. The normalized spacial score (nSPS) is 17.1. The van der Waals surface area contributed by atoms with Gasteiger partial charge in [-0.15, -0.1) is 0 Å². The number of halogens is 1. The van der Waals surface area contributed by atoms with E-state index in [9.17, 15) is 4.79 Å². The van der Waals surface area contributed by atoms with Crippen molar-refractivity contribution in [3.8, 4) is 0 Å². The monoisotopic (exact) mass is 340 g/mol. The molecule has 0 saturated carbocycles. The highest BCUT2D eigenvalue weighted by Crippen LogP contribution is 2.20. The average Bonchev–Trinajstić information content (AvgIpc) is 2.48. The van der Waals surface area contributed by atoms with E-state index < -0.39 is 0 Å². The number of anilines is 2. The van der Waals surface area contributed by atoms with Gasteiger partial charge in [0.2, 0.25) is 5.91 Å². The zero-order chi connectivity index (χ0) is 14.5. The Morgan fingerprint density at radius 2 is 1.85 bits per heavy atom. The van der Waals surface area contributed by atoms with Gasteiger partial charge in [-0.1, -0.05) is 29.8 Å². The molecule has 1 N–H and O–H groups in total. The molecule has 1 fully saturated rings. The van der Waals surface area contributed by atoms with Crippen molar-refractivity contribution in [2.45, 2.75) is 18.7 Å². The van der Waals surface area contributed by atoms with Crippen molar-refractivity contribution in [3.63, 3.8) is 0 Å². The first-order valence-electron chi connectivity index (χ1n) is 6.95. The van der Waals surface area contributed by atoms with E-state index in [4.69, 9.17) is 4.74 Å². The van der Waals surface area contributed by atoms with Gasteiger partial charge in [0, 0.05) is 24.5 Å². The maximum atomic E-state index is 12.0. The van der Waals surface area contributed by atoms with Crippen molar-refractivity contribution in [2.24, 2.45) is 5.92 Å². The van der Waals surface area contributed by atoms with Gasteiger partial charge in [-0.3, -0.25) is 4.79 Å². The molecule has 1 unspecified atom stereocenters. The summed E-state index contributed by atoms with van der Waals surface area (Å²) < 4.78 is 5.34. The van der Waals surface area contributed by atoms with E-state index in [0.29, 0.717) is 0 Å². The minimum absolute atomic E-state index is 0.000812. The van der Waals surface area contributed by atoms with Gasteiger partial charge in [-0.2, -0.15) is 0 Å². The zero-order valence-corrected chi connectivity index (χ0v) is 13.5. The van der Waals surface area contributed by atoms with Crippen molar-refractivity contribution >= 4 is 33.2 Å². The third kappa shape index (κ3) is 3.96. The van der Waals surface area contributed by atoms with Crippen LogP contribution in [-0.4, -0.2) is 37.0 Å². The summed E-state index contributed by atoms with van der Waals surface area (Å²) in [5.74, 6) is 0.266.